The molecule has 180 valence electrons. The number of nitrogens with zero attached hydrogens (tertiary/aromatic N) is 4. The molecule has 0 aliphatic carbocycles. The summed E-state index contributed by atoms with van der Waals surface area (Å²) in [5.74, 6) is 0.0586. The zero-order valence-corrected chi connectivity index (χ0v) is 20.1. The molecule has 2 aromatic carbocycles. The molecular formula is C27H35N5O2. The zero-order valence-electron chi connectivity index (χ0n) is 20.1. The maximum Gasteiger partial charge on any atom is 0.251 e. The summed E-state index contributed by atoms with van der Waals surface area (Å²) in [6.45, 7) is 7.51. The first kappa shape index (κ1) is 22.9. The van der Waals surface area contributed by atoms with Crippen LogP contribution in [0.2, 0.25) is 0 Å². The fourth-order valence-electron chi connectivity index (χ4n) is 5.44. The molecule has 2 aromatic rings. The molecule has 2 fully saturated rings. The van der Waals surface area contributed by atoms with E-state index in [0.717, 1.165) is 76.5 Å². The fraction of sp³-hybridized carbons (Fsp3) is 0.481. The van der Waals surface area contributed by atoms with Gasteiger partial charge < -0.3 is 15.1 Å². The quantitative estimate of drug-likeness (QED) is 0.717. The van der Waals surface area contributed by atoms with Crippen LogP contribution in [-0.2, 0) is 11.3 Å². The molecule has 3 heterocycles. The second-order valence-corrected chi connectivity index (χ2v) is 9.67. The molecule has 0 spiro atoms. The van der Waals surface area contributed by atoms with Gasteiger partial charge in [0.1, 0.15) is 6.04 Å². The van der Waals surface area contributed by atoms with Gasteiger partial charge in [0.15, 0.2) is 0 Å². The Morgan fingerprint density at radius 3 is 2.50 bits per heavy atom. The summed E-state index contributed by atoms with van der Waals surface area (Å²) in [4.78, 5) is 34.5. The molecule has 0 saturated carbocycles. The van der Waals surface area contributed by atoms with Crippen LogP contribution in [0.15, 0.2) is 48.5 Å². The summed E-state index contributed by atoms with van der Waals surface area (Å²) >= 11 is 0. The van der Waals surface area contributed by atoms with Crippen LogP contribution in [0.4, 0.5) is 11.4 Å². The summed E-state index contributed by atoms with van der Waals surface area (Å²) in [6, 6.07) is 16.3. The Bertz CT molecular complexity index is 1020. The molecule has 2 amide bonds. The van der Waals surface area contributed by atoms with E-state index in [9.17, 15) is 9.59 Å². The van der Waals surface area contributed by atoms with Crippen molar-refractivity contribution in [3.8, 4) is 0 Å². The number of rotatable bonds is 6. The smallest absolute Gasteiger partial charge is 0.251 e. The largest absolute Gasteiger partial charge is 0.358 e. The summed E-state index contributed by atoms with van der Waals surface area (Å²) in [7, 11) is 1.83. The molecule has 0 unspecified atom stereocenters. The van der Waals surface area contributed by atoms with Gasteiger partial charge in [-0.25, -0.2) is 0 Å². The normalized spacial score (nSPS) is 21.2. The second kappa shape index (κ2) is 10.2. The van der Waals surface area contributed by atoms with E-state index < -0.39 is 0 Å². The fourth-order valence-corrected chi connectivity index (χ4v) is 5.44. The number of fused-ring (bicyclic) bond motifs is 3. The van der Waals surface area contributed by atoms with Crippen LogP contribution < -0.4 is 15.1 Å². The molecule has 7 heteroatoms. The van der Waals surface area contributed by atoms with Crippen LogP contribution in [0.25, 0.3) is 0 Å². The van der Waals surface area contributed by atoms with Crippen molar-refractivity contribution in [2.75, 3.05) is 62.7 Å². The van der Waals surface area contributed by atoms with Gasteiger partial charge in [-0.2, -0.15) is 0 Å². The molecule has 2 saturated heterocycles. The molecule has 1 N–H and O–H groups in total. The van der Waals surface area contributed by atoms with Crippen LogP contribution in [0.5, 0.6) is 0 Å². The third kappa shape index (κ3) is 4.81. The Morgan fingerprint density at radius 2 is 1.71 bits per heavy atom. The minimum atomic E-state index is -0.0767. The van der Waals surface area contributed by atoms with Crippen molar-refractivity contribution in [2.45, 2.75) is 31.8 Å². The van der Waals surface area contributed by atoms with Gasteiger partial charge in [-0.3, -0.25) is 19.4 Å². The maximum absolute atomic E-state index is 12.9. The van der Waals surface area contributed by atoms with Crippen LogP contribution in [0.1, 0.15) is 35.2 Å². The van der Waals surface area contributed by atoms with E-state index in [1.807, 2.05) is 25.2 Å². The van der Waals surface area contributed by atoms with E-state index in [2.05, 4.69) is 50.3 Å². The predicted octanol–water partition coefficient (Wildman–Crippen LogP) is 2.57. The van der Waals surface area contributed by atoms with E-state index in [4.69, 9.17) is 0 Å². The van der Waals surface area contributed by atoms with Gasteiger partial charge in [0, 0.05) is 65.0 Å². The first-order chi connectivity index (χ1) is 16.6. The topological polar surface area (TPSA) is 59.1 Å². The summed E-state index contributed by atoms with van der Waals surface area (Å²) in [5, 5.41) is 3.08. The van der Waals surface area contributed by atoms with Crippen LogP contribution in [-0.4, -0.2) is 80.5 Å². The van der Waals surface area contributed by atoms with Gasteiger partial charge in [-0.05, 0) is 43.0 Å². The zero-order chi connectivity index (χ0) is 23.5. The van der Waals surface area contributed by atoms with Crippen molar-refractivity contribution in [1.82, 2.24) is 15.1 Å². The number of hydrogen-bond donors (Lipinski definition) is 1. The Labute approximate surface area is 202 Å². The number of hydrogen-bond acceptors (Lipinski definition) is 5. The standard InChI is InChI=1S/C27H35N5O2/c1-29-25-19-22(10-11-23(25)32-13-6-5-9-24(32)27(29)34)26(33)28-12-14-30-15-17-31(18-16-30)20-21-7-3-2-4-8-21/h2-4,7-8,10-11,19,24H,5-6,9,12-18,20H2,1H3,(H,28,33)/t24-/m1/s1. The first-order valence-electron chi connectivity index (χ1n) is 12.6. The van der Waals surface area contributed by atoms with Crippen molar-refractivity contribution < 1.29 is 9.59 Å². The first-order valence-corrected chi connectivity index (χ1v) is 12.6. The lowest BCUT2D eigenvalue weighted by Gasteiger charge is -2.44. The minimum Gasteiger partial charge on any atom is -0.358 e. The number of amides is 2. The predicted molar refractivity (Wildman–Crippen MR) is 135 cm³/mol. The van der Waals surface area contributed by atoms with E-state index in [-0.39, 0.29) is 17.9 Å². The number of piperazine rings is 1. The molecule has 34 heavy (non-hydrogen) atoms. The van der Waals surface area contributed by atoms with Crippen molar-refractivity contribution >= 4 is 23.2 Å². The van der Waals surface area contributed by atoms with Crippen molar-refractivity contribution in [2.24, 2.45) is 0 Å². The number of anilines is 2. The average Bonchev–Trinajstić information content (AvgIpc) is 2.88. The van der Waals surface area contributed by atoms with E-state index in [1.54, 1.807) is 4.90 Å². The molecular weight excluding hydrogens is 426 g/mol. The van der Waals surface area contributed by atoms with E-state index in [0.29, 0.717) is 12.1 Å². The minimum absolute atomic E-state index is 0.0564. The monoisotopic (exact) mass is 461 g/mol. The molecule has 5 rings (SSSR count). The van der Waals surface area contributed by atoms with Gasteiger partial charge >= 0.3 is 0 Å². The van der Waals surface area contributed by atoms with Gasteiger partial charge in [0.25, 0.3) is 5.91 Å². The number of carbonyl (C=O) groups is 2. The lowest BCUT2D eigenvalue weighted by molar-refractivity contribution is -0.120. The van der Waals surface area contributed by atoms with Gasteiger partial charge in [-0.1, -0.05) is 30.3 Å². The molecule has 7 nitrogen and oxygen atoms in total. The van der Waals surface area contributed by atoms with E-state index in [1.165, 1.54) is 5.56 Å². The Morgan fingerprint density at radius 1 is 0.941 bits per heavy atom. The van der Waals surface area contributed by atoms with Gasteiger partial charge in [0.05, 0.1) is 11.4 Å². The van der Waals surface area contributed by atoms with E-state index >= 15 is 0 Å². The number of likely N-dealkylation sites (N-methyl/N-ethyl adjacent to an activating group) is 1. The van der Waals surface area contributed by atoms with Crippen LogP contribution in [0, 0.1) is 0 Å². The Kier molecular flexibility index (Phi) is 6.83. The summed E-state index contributed by atoms with van der Waals surface area (Å²) in [6.07, 6.45) is 3.11. The summed E-state index contributed by atoms with van der Waals surface area (Å²) < 4.78 is 0. The molecule has 0 radical (unpaired) electrons. The lowest BCUT2D eigenvalue weighted by Crippen LogP contribution is -2.54. The SMILES string of the molecule is CN1C(=O)[C@H]2CCCCN2c2ccc(C(=O)NCCN3CCN(Cc4ccccc4)CC3)cc21. The van der Waals surface area contributed by atoms with Gasteiger partial charge in [0.2, 0.25) is 5.91 Å². The molecule has 0 aromatic heterocycles. The summed E-state index contributed by atoms with van der Waals surface area (Å²) in [5.41, 5.74) is 3.88. The number of nitrogens with one attached hydrogen (secondary N) is 1. The number of benzene rings is 2. The maximum atomic E-state index is 12.9. The molecule has 3 aliphatic rings. The Hall–Kier alpha value is -2.90. The van der Waals surface area contributed by atoms with Crippen LogP contribution in [0.3, 0.4) is 0 Å². The van der Waals surface area contributed by atoms with Crippen molar-refractivity contribution in [3.05, 3.63) is 59.7 Å². The lowest BCUT2D eigenvalue weighted by atomic mass is 9.96. The van der Waals surface area contributed by atoms with Crippen molar-refractivity contribution in [1.29, 1.82) is 0 Å². The number of piperidine rings is 1. The van der Waals surface area contributed by atoms with Crippen LogP contribution >= 0.6 is 0 Å². The van der Waals surface area contributed by atoms with Gasteiger partial charge in [-0.15, -0.1) is 0 Å². The highest BCUT2D eigenvalue weighted by Crippen LogP contribution is 2.39. The highest BCUT2D eigenvalue weighted by Gasteiger charge is 2.38. The van der Waals surface area contributed by atoms with Crippen molar-refractivity contribution in [3.63, 3.8) is 0 Å². The molecule has 3 aliphatic heterocycles. The Balaban J connectivity index is 1.12. The molecule has 1 atom stereocenters. The third-order valence-electron chi connectivity index (χ3n) is 7.45. The molecule has 0 bridgehead atoms. The highest BCUT2D eigenvalue weighted by molar-refractivity contribution is 6.07. The third-order valence-corrected chi connectivity index (χ3v) is 7.45. The number of carbonyl (C=O) groups excluding carboxylic acids is 2. The second-order valence-electron chi connectivity index (χ2n) is 9.67. The highest BCUT2D eigenvalue weighted by atomic mass is 16.2. The average molecular weight is 462 g/mol.